The number of amides is 1. The lowest BCUT2D eigenvalue weighted by Crippen LogP contribution is -2.43. The van der Waals surface area contributed by atoms with E-state index in [0.717, 1.165) is 5.56 Å². The minimum absolute atomic E-state index is 0.0746. The van der Waals surface area contributed by atoms with Gasteiger partial charge >= 0.3 is 5.97 Å². The van der Waals surface area contributed by atoms with Gasteiger partial charge in [-0.3, -0.25) is 9.59 Å². The number of rotatable bonds is 2. The number of carboxylic acids is 1. The van der Waals surface area contributed by atoms with Gasteiger partial charge in [-0.25, -0.2) is 4.39 Å². The summed E-state index contributed by atoms with van der Waals surface area (Å²) < 4.78 is 12.8. The van der Waals surface area contributed by atoms with E-state index in [4.69, 9.17) is 5.11 Å². The predicted octanol–water partition coefficient (Wildman–Crippen LogP) is 1.13. The summed E-state index contributed by atoms with van der Waals surface area (Å²) in [6.07, 6.45) is 0.257. The summed E-state index contributed by atoms with van der Waals surface area (Å²) in [6.45, 7) is 0.397. The van der Waals surface area contributed by atoms with Crippen LogP contribution in [0, 0.1) is 11.7 Å². The first-order valence-corrected chi connectivity index (χ1v) is 5.34. The van der Waals surface area contributed by atoms with Crippen LogP contribution in [0.2, 0.25) is 0 Å². The summed E-state index contributed by atoms with van der Waals surface area (Å²) in [6, 6.07) is 5.91. The van der Waals surface area contributed by atoms with Crippen molar-refractivity contribution in [1.82, 2.24) is 5.32 Å². The first kappa shape index (κ1) is 11.6. The van der Waals surface area contributed by atoms with Crippen LogP contribution >= 0.6 is 0 Å². The van der Waals surface area contributed by atoms with Crippen LogP contribution in [0.3, 0.4) is 0 Å². The molecule has 5 heteroatoms. The quantitative estimate of drug-likeness (QED) is 0.758. The third-order valence-corrected chi connectivity index (χ3v) is 3.00. The van der Waals surface area contributed by atoms with Gasteiger partial charge in [0.05, 0.1) is 0 Å². The summed E-state index contributed by atoms with van der Waals surface area (Å²) in [4.78, 5) is 22.2. The SMILES string of the molecule is O=C(O)[C@@H]1C[C@@H](c2ccc(F)cc2)CNC1=O. The van der Waals surface area contributed by atoms with Gasteiger partial charge in [0, 0.05) is 12.5 Å². The molecule has 0 unspecified atom stereocenters. The van der Waals surface area contributed by atoms with Crippen LogP contribution < -0.4 is 5.32 Å². The lowest BCUT2D eigenvalue weighted by Gasteiger charge is -2.27. The van der Waals surface area contributed by atoms with E-state index in [1.807, 2.05) is 0 Å². The highest BCUT2D eigenvalue weighted by atomic mass is 19.1. The molecule has 1 aliphatic rings. The van der Waals surface area contributed by atoms with Crippen LogP contribution in [-0.2, 0) is 9.59 Å². The van der Waals surface area contributed by atoms with Gasteiger partial charge in [0.2, 0.25) is 5.91 Å². The first-order chi connectivity index (χ1) is 8.08. The summed E-state index contributed by atoms with van der Waals surface area (Å²) >= 11 is 0. The summed E-state index contributed by atoms with van der Waals surface area (Å²) in [5.74, 6) is -2.98. The molecule has 0 spiro atoms. The fraction of sp³-hybridized carbons (Fsp3) is 0.333. The molecule has 0 bridgehead atoms. The van der Waals surface area contributed by atoms with Gasteiger partial charge in [-0.1, -0.05) is 12.1 Å². The summed E-state index contributed by atoms with van der Waals surface area (Å²) in [5, 5.41) is 11.5. The number of aliphatic carboxylic acids is 1. The molecule has 1 saturated heterocycles. The van der Waals surface area contributed by atoms with Gasteiger partial charge in [0.1, 0.15) is 11.7 Å². The molecule has 1 aromatic rings. The Morgan fingerprint density at radius 2 is 2.00 bits per heavy atom. The Kier molecular flexibility index (Phi) is 3.08. The number of carbonyl (C=O) groups excluding carboxylic acids is 1. The second-order valence-corrected chi connectivity index (χ2v) is 4.12. The number of carbonyl (C=O) groups is 2. The van der Waals surface area contributed by atoms with Crippen molar-refractivity contribution < 1.29 is 19.1 Å². The van der Waals surface area contributed by atoms with E-state index in [0.29, 0.717) is 6.54 Å². The third kappa shape index (κ3) is 2.43. The van der Waals surface area contributed by atoms with Crippen LogP contribution in [0.5, 0.6) is 0 Å². The van der Waals surface area contributed by atoms with E-state index >= 15 is 0 Å². The normalized spacial score (nSPS) is 24.2. The Morgan fingerprint density at radius 3 is 2.59 bits per heavy atom. The molecule has 17 heavy (non-hydrogen) atoms. The number of hydrogen-bond acceptors (Lipinski definition) is 2. The largest absolute Gasteiger partial charge is 0.481 e. The molecule has 2 N–H and O–H groups in total. The van der Waals surface area contributed by atoms with Crippen LogP contribution in [-0.4, -0.2) is 23.5 Å². The number of halogens is 1. The molecule has 0 saturated carbocycles. The maximum atomic E-state index is 12.8. The zero-order chi connectivity index (χ0) is 12.4. The van der Waals surface area contributed by atoms with Gasteiger partial charge in [-0.15, -0.1) is 0 Å². The molecule has 1 amide bonds. The van der Waals surface area contributed by atoms with Crippen molar-refractivity contribution in [2.75, 3.05) is 6.54 Å². The lowest BCUT2D eigenvalue weighted by atomic mass is 9.85. The van der Waals surface area contributed by atoms with Crippen molar-refractivity contribution in [1.29, 1.82) is 0 Å². The third-order valence-electron chi connectivity index (χ3n) is 3.00. The van der Waals surface area contributed by atoms with Gasteiger partial charge in [0.15, 0.2) is 0 Å². The fourth-order valence-electron chi connectivity index (χ4n) is 2.02. The van der Waals surface area contributed by atoms with E-state index in [1.54, 1.807) is 12.1 Å². The fourth-order valence-corrected chi connectivity index (χ4v) is 2.02. The van der Waals surface area contributed by atoms with Gasteiger partial charge in [-0.05, 0) is 24.1 Å². The van der Waals surface area contributed by atoms with Crippen molar-refractivity contribution in [2.24, 2.45) is 5.92 Å². The Hall–Kier alpha value is -1.91. The highest BCUT2D eigenvalue weighted by Crippen LogP contribution is 2.27. The van der Waals surface area contributed by atoms with E-state index in [9.17, 15) is 14.0 Å². The van der Waals surface area contributed by atoms with Crippen LogP contribution in [0.15, 0.2) is 24.3 Å². The van der Waals surface area contributed by atoms with Crippen molar-refractivity contribution in [2.45, 2.75) is 12.3 Å². The maximum absolute atomic E-state index is 12.8. The predicted molar refractivity (Wildman–Crippen MR) is 57.9 cm³/mol. The minimum atomic E-state index is -1.12. The number of carboxylic acid groups (broad SMARTS) is 1. The standard InChI is InChI=1S/C12H12FNO3/c13-9-3-1-7(2-4-9)8-5-10(12(16)17)11(15)14-6-8/h1-4,8,10H,5-6H2,(H,14,15)(H,16,17)/t8-,10-/m1/s1. The Bertz CT molecular complexity index is 444. The Morgan fingerprint density at radius 1 is 1.35 bits per heavy atom. The van der Waals surface area contributed by atoms with E-state index in [-0.39, 0.29) is 18.2 Å². The molecule has 1 heterocycles. The monoisotopic (exact) mass is 237 g/mol. The molecule has 4 nitrogen and oxygen atoms in total. The maximum Gasteiger partial charge on any atom is 0.316 e. The number of nitrogens with one attached hydrogen (secondary N) is 1. The molecule has 0 aliphatic carbocycles. The Labute approximate surface area is 97.4 Å². The van der Waals surface area contributed by atoms with Crippen LogP contribution in [0.1, 0.15) is 17.9 Å². The topological polar surface area (TPSA) is 66.4 Å². The molecule has 1 aliphatic heterocycles. The van der Waals surface area contributed by atoms with Gasteiger partial charge in [-0.2, -0.15) is 0 Å². The number of hydrogen-bond donors (Lipinski definition) is 2. The molecule has 1 fully saturated rings. The van der Waals surface area contributed by atoms with Gasteiger partial charge < -0.3 is 10.4 Å². The molecule has 90 valence electrons. The van der Waals surface area contributed by atoms with Crippen molar-refractivity contribution in [3.05, 3.63) is 35.6 Å². The van der Waals surface area contributed by atoms with E-state index in [1.165, 1.54) is 12.1 Å². The Balaban J connectivity index is 2.15. The molecule has 0 radical (unpaired) electrons. The van der Waals surface area contributed by atoms with E-state index < -0.39 is 17.8 Å². The second kappa shape index (κ2) is 4.53. The van der Waals surface area contributed by atoms with Crippen molar-refractivity contribution >= 4 is 11.9 Å². The van der Waals surface area contributed by atoms with Crippen LogP contribution in [0.4, 0.5) is 4.39 Å². The average Bonchev–Trinajstić information content (AvgIpc) is 2.30. The van der Waals surface area contributed by atoms with E-state index in [2.05, 4.69) is 5.32 Å². The molecular weight excluding hydrogens is 225 g/mol. The van der Waals surface area contributed by atoms with Gasteiger partial charge in [0.25, 0.3) is 0 Å². The highest BCUT2D eigenvalue weighted by Gasteiger charge is 2.34. The summed E-state index contributed by atoms with van der Waals surface area (Å²) in [5.41, 5.74) is 0.845. The van der Waals surface area contributed by atoms with Crippen LogP contribution in [0.25, 0.3) is 0 Å². The molecule has 1 aromatic carbocycles. The molecule has 2 atom stereocenters. The number of piperidine rings is 1. The second-order valence-electron chi connectivity index (χ2n) is 4.12. The highest BCUT2D eigenvalue weighted by molar-refractivity contribution is 5.97. The summed E-state index contributed by atoms with van der Waals surface area (Å²) in [7, 11) is 0. The number of benzene rings is 1. The molecule has 0 aromatic heterocycles. The zero-order valence-electron chi connectivity index (χ0n) is 9.02. The first-order valence-electron chi connectivity index (χ1n) is 5.34. The smallest absolute Gasteiger partial charge is 0.316 e. The minimum Gasteiger partial charge on any atom is -0.481 e. The lowest BCUT2D eigenvalue weighted by molar-refractivity contribution is -0.148. The molecular formula is C12H12FNO3. The van der Waals surface area contributed by atoms with Crippen molar-refractivity contribution in [3.63, 3.8) is 0 Å². The zero-order valence-corrected chi connectivity index (χ0v) is 9.02. The average molecular weight is 237 g/mol. The molecule has 2 rings (SSSR count). The van der Waals surface area contributed by atoms with Crippen molar-refractivity contribution in [3.8, 4) is 0 Å².